The van der Waals surface area contributed by atoms with Crippen molar-refractivity contribution >= 4 is 17.1 Å². The largest absolute Gasteiger partial charge is 0.467 e. The summed E-state index contributed by atoms with van der Waals surface area (Å²) < 4.78 is 38.1. The second-order valence-corrected chi connectivity index (χ2v) is 5.67. The van der Waals surface area contributed by atoms with Crippen molar-refractivity contribution < 1.29 is 22.7 Å². The number of oxazole rings is 1. The molecule has 0 radical (unpaired) electrons. The van der Waals surface area contributed by atoms with Gasteiger partial charge in [-0.05, 0) is 37.3 Å². The Morgan fingerprint density at radius 3 is 2.76 bits per heavy atom. The Labute approximate surface area is 142 Å². The molecule has 0 fully saturated rings. The number of carbonyl (C=O) groups is 1. The van der Waals surface area contributed by atoms with Gasteiger partial charge in [-0.1, -0.05) is 12.1 Å². The Balaban J connectivity index is 1.93. The van der Waals surface area contributed by atoms with Crippen molar-refractivity contribution in [3.63, 3.8) is 0 Å². The highest BCUT2D eigenvalue weighted by atomic mass is 19.1. The summed E-state index contributed by atoms with van der Waals surface area (Å²) in [4.78, 5) is 16.6. The normalized spacial score (nSPS) is 13.6. The molecule has 0 aliphatic carbocycles. The van der Waals surface area contributed by atoms with Crippen molar-refractivity contribution in [2.24, 2.45) is 0 Å². The molecular formula is C18H16F2N2O3. The van der Waals surface area contributed by atoms with E-state index in [2.05, 4.69) is 10.3 Å². The number of esters is 1. The Kier molecular flexibility index (Phi) is 4.50. The number of para-hydroxylation sites is 2. The van der Waals surface area contributed by atoms with E-state index in [4.69, 9.17) is 9.15 Å². The van der Waals surface area contributed by atoms with Gasteiger partial charge in [-0.2, -0.15) is 0 Å². The molecule has 130 valence electrons. The van der Waals surface area contributed by atoms with Crippen molar-refractivity contribution in [3.05, 3.63) is 65.6 Å². The van der Waals surface area contributed by atoms with E-state index < -0.39 is 23.1 Å². The number of aromatic nitrogens is 1. The lowest BCUT2D eigenvalue weighted by Gasteiger charge is -2.28. The molecule has 0 spiro atoms. The molecule has 1 heterocycles. The third-order valence-electron chi connectivity index (χ3n) is 3.99. The van der Waals surface area contributed by atoms with Gasteiger partial charge >= 0.3 is 5.97 Å². The van der Waals surface area contributed by atoms with Crippen LogP contribution < -0.4 is 5.32 Å². The van der Waals surface area contributed by atoms with Gasteiger partial charge in [-0.15, -0.1) is 0 Å². The van der Waals surface area contributed by atoms with E-state index in [0.717, 1.165) is 18.2 Å². The highest BCUT2D eigenvalue weighted by molar-refractivity contribution is 5.82. The molecule has 0 saturated heterocycles. The summed E-state index contributed by atoms with van der Waals surface area (Å²) in [5.74, 6) is -1.82. The number of ether oxygens (including phenoxy) is 1. The van der Waals surface area contributed by atoms with Crippen LogP contribution in [-0.2, 0) is 21.6 Å². The van der Waals surface area contributed by atoms with E-state index in [1.807, 2.05) is 12.1 Å². The van der Waals surface area contributed by atoms with Gasteiger partial charge in [0.15, 0.2) is 5.58 Å². The zero-order chi connectivity index (χ0) is 18.0. The van der Waals surface area contributed by atoms with Gasteiger partial charge in [0.2, 0.25) is 5.89 Å². The van der Waals surface area contributed by atoms with Crippen molar-refractivity contribution in [2.75, 3.05) is 7.11 Å². The molecular weight excluding hydrogens is 330 g/mol. The second kappa shape index (κ2) is 6.60. The van der Waals surface area contributed by atoms with Gasteiger partial charge in [0.05, 0.1) is 13.7 Å². The zero-order valence-electron chi connectivity index (χ0n) is 13.7. The van der Waals surface area contributed by atoms with E-state index in [-0.39, 0.29) is 12.1 Å². The molecule has 5 nitrogen and oxygen atoms in total. The predicted octanol–water partition coefficient (Wildman–Crippen LogP) is 3.28. The van der Waals surface area contributed by atoms with Crippen molar-refractivity contribution in [2.45, 2.75) is 19.0 Å². The summed E-state index contributed by atoms with van der Waals surface area (Å²) in [7, 11) is 1.18. The van der Waals surface area contributed by atoms with Crippen molar-refractivity contribution in [1.82, 2.24) is 10.3 Å². The fraction of sp³-hybridized carbons (Fsp3) is 0.222. The number of nitrogens with one attached hydrogen (secondary N) is 1. The van der Waals surface area contributed by atoms with Crippen LogP contribution in [0.3, 0.4) is 0 Å². The Bertz CT molecular complexity index is 893. The van der Waals surface area contributed by atoms with Gasteiger partial charge in [0, 0.05) is 5.56 Å². The molecule has 3 rings (SSSR count). The number of rotatable bonds is 5. The maximum atomic E-state index is 14.2. The lowest BCUT2D eigenvalue weighted by Crippen LogP contribution is -2.47. The highest BCUT2D eigenvalue weighted by Crippen LogP contribution is 2.27. The molecule has 0 saturated carbocycles. The number of fused-ring (bicyclic) bond motifs is 1. The maximum Gasteiger partial charge on any atom is 0.330 e. The van der Waals surface area contributed by atoms with Crippen LogP contribution in [0.5, 0.6) is 0 Å². The third kappa shape index (κ3) is 3.23. The van der Waals surface area contributed by atoms with Gasteiger partial charge in [-0.25, -0.2) is 18.6 Å². The number of methoxy groups -OCH3 is 1. The Morgan fingerprint density at radius 2 is 2.04 bits per heavy atom. The molecule has 7 heteroatoms. The first-order valence-corrected chi connectivity index (χ1v) is 7.57. The summed E-state index contributed by atoms with van der Waals surface area (Å²) in [6.45, 7) is 1.44. The van der Waals surface area contributed by atoms with Crippen molar-refractivity contribution in [1.29, 1.82) is 0 Å². The smallest absolute Gasteiger partial charge is 0.330 e. The molecule has 2 aromatic carbocycles. The average Bonchev–Trinajstić information content (AvgIpc) is 3.04. The van der Waals surface area contributed by atoms with E-state index in [1.165, 1.54) is 14.0 Å². The summed E-state index contributed by atoms with van der Waals surface area (Å²) in [5.41, 5.74) is -0.510. The number of halogens is 2. The van der Waals surface area contributed by atoms with Crippen LogP contribution in [0.1, 0.15) is 18.4 Å². The SMILES string of the molecule is COC(=O)[C@](C)(NCc1nc2ccccc2o1)c1cc(F)ccc1F. The van der Waals surface area contributed by atoms with Crippen LogP contribution in [-0.4, -0.2) is 18.1 Å². The van der Waals surface area contributed by atoms with Crippen LogP contribution >= 0.6 is 0 Å². The molecule has 1 aromatic heterocycles. The van der Waals surface area contributed by atoms with E-state index in [1.54, 1.807) is 12.1 Å². The van der Waals surface area contributed by atoms with Gasteiger partial charge < -0.3 is 9.15 Å². The van der Waals surface area contributed by atoms with Crippen LogP contribution in [0.2, 0.25) is 0 Å². The van der Waals surface area contributed by atoms with Gasteiger partial charge in [0.25, 0.3) is 0 Å². The number of carbonyl (C=O) groups excluding carboxylic acids is 1. The standard InChI is InChI=1S/C18H16F2N2O3/c1-18(17(23)24-2,12-9-11(19)7-8-13(12)20)21-10-16-22-14-5-3-4-6-15(14)25-16/h3-9,21H,10H2,1-2H3/t18-/m1/s1. The van der Waals surface area contributed by atoms with Crippen LogP contribution in [0.4, 0.5) is 8.78 Å². The quantitative estimate of drug-likeness (QED) is 0.718. The highest BCUT2D eigenvalue weighted by Gasteiger charge is 2.39. The Morgan fingerprint density at radius 1 is 1.28 bits per heavy atom. The molecule has 3 aromatic rings. The molecule has 0 bridgehead atoms. The van der Waals surface area contributed by atoms with Gasteiger partial charge in [-0.3, -0.25) is 5.32 Å². The first kappa shape index (κ1) is 17.0. The molecule has 25 heavy (non-hydrogen) atoms. The second-order valence-electron chi connectivity index (χ2n) is 5.67. The molecule has 1 N–H and O–H groups in total. The summed E-state index contributed by atoms with van der Waals surface area (Å²) in [6.07, 6.45) is 0. The fourth-order valence-electron chi connectivity index (χ4n) is 2.61. The van der Waals surface area contributed by atoms with E-state index >= 15 is 0 Å². The summed E-state index contributed by atoms with van der Waals surface area (Å²) in [5, 5.41) is 2.87. The summed E-state index contributed by atoms with van der Waals surface area (Å²) in [6, 6.07) is 10.1. The van der Waals surface area contributed by atoms with E-state index in [9.17, 15) is 13.6 Å². The molecule has 0 aliphatic rings. The van der Waals surface area contributed by atoms with Gasteiger partial charge in [0.1, 0.15) is 22.7 Å². The topological polar surface area (TPSA) is 64.4 Å². The number of benzene rings is 2. The molecule has 0 unspecified atom stereocenters. The number of nitrogens with zero attached hydrogens (tertiary/aromatic N) is 1. The molecule has 1 atom stereocenters. The first-order valence-electron chi connectivity index (χ1n) is 7.57. The van der Waals surface area contributed by atoms with Crippen LogP contribution in [0.15, 0.2) is 46.9 Å². The van der Waals surface area contributed by atoms with E-state index in [0.29, 0.717) is 17.0 Å². The number of hydrogen-bond donors (Lipinski definition) is 1. The molecule has 0 amide bonds. The summed E-state index contributed by atoms with van der Waals surface area (Å²) >= 11 is 0. The number of hydrogen-bond acceptors (Lipinski definition) is 5. The van der Waals surface area contributed by atoms with Crippen LogP contribution in [0.25, 0.3) is 11.1 Å². The minimum Gasteiger partial charge on any atom is -0.467 e. The lowest BCUT2D eigenvalue weighted by atomic mass is 9.91. The molecule has 0 aliphatic heterocycles. The minimum absolute atomic E-state index is 0.0240. The minimum atomic E-state index is -1.61. The average molecular weight is 346 g/mol. The zero-order valence-corrected chi connectivity index (χ0v) is 13.7. The monoisotopic (exact) mass is 346 g/mol. The predicted molar refractivity (Wildman–Crippen MR) is 86.6 cm³/mol. The maximum absolute atomic E-state index is 14.2. The third-order valence-corrected chi connectivity index (χ3v) is 3.99. The Hall–Kier alpha value is -2.80. The first-order chi connectivity index (χ1) is 11.9. The fourth-order valence-corrected chi connectivity index (χ4v) is 2.61. The lowest BCUT2D eigenvalue weighted by molar-refractivity contribution is -0.148. The van der Waals surface area contributed by atoms with Crippen molar-refractivity contribution in [3.8, 4) is 0 Å². The van der Waals surface area contributed by atoms with Crippen LogP contribution in [0, 0.1) is 11.6 Å².